The second-order valence-electron chi connectivity index (χ2n) is 4.18. The number of ether oxygens (including phenoxy) is 2. The normalized spacial score (nSPS) is 14.4. The zero-order valence-electron chi connectivity index (χ0n) is 10.6. The van der Waals surface area contributed by atoms with Crippen molar-refractivity contribution in [2.45, 2.75) is 32.4 Å². The van der Waals surface area contributed by atoms with E-state index in [0.717, 1.165) is 22.2 Å². The molecule has 0 aliphatic carbocycles. The van der Waals surface area contributed by atoms with Crippen molar-refractivity contribution in [3.8, 4) is 5.75 Å². The SMILES string of the molecule is COCCC(C)Oc1cc(Br)ccc1C(C)N. The molecule has 0 fully saturated rings. The van der Waals surface area contributed by atoms with E-state index in [0.29, 0.717) is 6.61 Å². The number of methoxy groups -OCH3 is 1. The molecule has 1 rings (SSSR count). The van der Waals surface area contributed by atoms with E-state index in [4.69, 9.17) is 15.2 Å². The lowest BCUT2D eigenvalue weighted by Crippen LogP contribution is -2.16. The third-order valence-electron chi connectivity index (χ3n) is 2.52. The van der Waals surface area contributed by atoms with Gasteiger partial charge in [-0.1, -0.05) is 22.0 Å². The van der Waals surface area contributed by atoms with Gasteiger partial charge in [-0.05, 0) is 26.0 Å². The Hall–Kier alpha value is -0.580. The predicted molar refractivity (Wildman–Crippen MR) is 73.3 cm³/mol. The lowest BCUT2D eigenvalue weighted by Gasteiger charge is -2.19. The van der Waals surface area contributed by atoms with Gasteiger partial charge in [0.1, 0.15) is 5.75 Å². The topological polar surface area (TPSA) is 44.5 Å². The molecule has 96 valence electrons. The molecule has 0 aliphatic rings. The van der Waals surface area contributed by atoms with Crippen molar-refractivity contribution in [3.63, 3.8) is 0 Å². The first-order valence-corrected chi connectivity index (χ1v) is 6.54. The highest BCUT2D eigenvalue weighted by Gasteiger charge is 2.11. The third-order valence-corrected chi connectivity index (χ3v) is 3.02. The van der Waals surface area contributed by atoms with E-state index in [1.165, 1.54) is 0 Å². The Kier molecular flexibility index (Phi) is 5.95. The van der Waals surface area contributed by atoms with Gasteiger partial charge in [0.25, 0.3) is 0 Å². The molecule has 0 spiro atoms. The molecule has 3 nitrogen and oxygen atoms in total. The van der Waals surface area contributed by atoms with Crippen LogP contribution in [-0.4, -0.2) is 19.8 Å². The monoisotopic (exact) mass is 301 g/mol. The lowest BCUT2D eigenvalue weighted by molar-refractivity contribution is 0.134. The highest BCUT2D eigenvalue weighted by molar-refractivity contribution is 9.10. The maximum Gasteiger partial charge on any atom is 0.125 e. The van der Waals surface area contributed by atoms with E-state index in [1.807, 2.05) is 32.0 Å². The molecule has 2 unspecified atom stereocenters. The Labute approximate surface area is 111 Å². The van der Waals surface area contributed by atoms with Crippen LogP contribution in [0.4, 0.5) is 0 Å². The molecule has 0 bridgehead atoms. The van der Waals surface area contributed by atoms with Crippen molar-refractivity contribution in [1.29, 1.82) is 0 Å². The Morgan fingerprint density at radius 3 is 2.65 bits per heavy atom. The van der Waals surface area contributed by atoms with Crippen LogP contribution in [0.15, 0.2) is 22.7 Å². The van der Waals surface area contributed by atoms with Crippen LogP contribution >= 0.6 is 15.9 Å². The number of rotatable bonds is 6. The molecular weight excluding hydrogens is 282 g/mol. The molecule has 0 heterocycles. The summed E-state index contributed by atoms with van der Waals surface area (Å²) in [6, 6.07) is 5.90. The van der Waals surface area contributed by atoms with Crippen LogP contribution in [0.2, 0.25) is 0 Å². The maximum atomic E-state index is 5.92. The predicted octanol–water partition coefficient (Wildman–Crippen LogP) is 3.27. The molecule has 0 saturated carbocycles. The molecule has 2 N–H and O–H groups in total. The summed E-state index contributed by atoms with van der Waals surface area (Å²) in [5.74, 6) is 0.845. The minimum absolute atomic E-state index is 0.0345. The zero-order chi connectivity index (χ0) is 12.8. The van der Waals surface area contributed by atoms with Gasteiger partial charge in [0.05, 0.1) is 6.10 Å². The molecular formula is C13H20BrNO2. The van der Waals surface area contributed by atoms with Gasteiger partial charge in [0.15, 0.2) is 0 Å². The van der Waals surface area contributed by atoms with E-state index < -0.39 is 0 Å². The Bertz CT molecular complexity index is 355. The minimum Gasteiger partial charge on any atom is -0.490 e. The summed E-state index contributed by atoms with van der Waals surface area (Å²) in [6.07, 6.45) is 0.975. The highest BCUT2D eigenvalue weighted by atomic mass is 79.9. The second-order valence-corrected chi connectivity index (χ2v) is 5.10. The summed E-state index contributed by atoms with van der Waals surface area (Å²) in [6.45, 7) is 4.68. The van der Waals surface area contributed by atoms with Crippen LogP contribution in [0.5, 0.6) is 5.75 Å². The van der Waals surface area contributed by atoms with Gasteiger partial charge in [-0.2, -0.15) is 0 Å². The fourth-order valence-electron chi connectivity index (χ4n) is 1.55. The molecule has 4 heteroatoms. The lowest BCUT2D eigenvalue weighted by atomic mass is 10.1. The first-order valence-electron chi connectivity index (χ1n) is 5.75. The van der Waals surface area contributed by atoms with E-state index >= 15 is 0 Å². The van der Waals surface area contributed by atoms with Crippen molar-refractivity contribution in [2.24, 2.45) is 5.73 Å². The van der Waals surface area contributed by atoms with E-state index in [-0.39, 0.29) is 12.1 Å². The molecule has 17 heavy (non-hydrogen) atoms. The average molecular weight is 302 g/mol. The first kappa shape index (κ1) is 14.5. The third kappa shape index (κ3) is 4.66. The number of nitrogens with two attached hydrogens (primary N) is 1. The first-order chi connectivity index (χ1) is 8.04. The van der Waals surface area contributed by atoms with Crippen molar-refractivity contribution in [2.75, 3.05) is 13.7 Å². The summed E-state index contributed by atoms with van der Waals surface area (Å²) in [7, 11) is 1.69. The zero-order valence-corrected chi connectivity index (χ0v) is 12.2. The van der Waals surface area contributed by atoms with Gasteiger partial charge >= 0.3 is 0 Å². The van der Waals surface area contributed by atoms with Crippen molar-refractivity contribution in [3.05, 3.63) is 28.2 Å². The second kappa shape index (κ2) is 6.99. The number of halogens is 1. The van der Waals surface area contributed by atoms with Gasteiger partial charge < -0.3 is 15.2 Å². The van der Waals surface area contributed by atoms with Crippen LogP contribution < -0.4 is 10.5 Å². The number of hydrogen-bond acceptors (Lipinski definition) is 3. The average Bonchev–Trinajstić information content (AvgIpc) is 2.26. The summed E-state index contributed by atoms with van der Waals surface area (Å²) in [4.78, 5) is 0. The highest BCUT2D eigenvalue weighted by Crippen LogP contribution is 2.28. The van der Waals surface area contributed by atoms with Crippen LogP contribution in [-0.2, 0) is 4.74 Å². The molecule has 1 aromatic carbocycles. The number of benzene rings is 1. The van der Waals surface area contributed by atoms with Gasteiger partial charge in [0, 0.05) is 36.2 Å². The van der Waals surface area contributed by atoms with Gasteiger partial charge in [0.2, 0.25) is 0 Å². The molecule has 0 radical (unpaired) electrons. The smallest absolute Gasteiger partial charge is 0.125 e. The van der Waals surface area contributed by atoms with E-state index in [2.05, 4.69) is 15.9 Å². The standard InChI is InChI=1S/C13H20BrNO2/c1-9(6-7-16-3)17-13-8-11(14)4-5-12(13)10(2)15/h4-5,8-10H,6-7,15H2,1-3H3. The molecule has 0 amide bonds. The van der Waals surface area contributed by atoms with Crippen molar-refractivity contribution >= 4 is 15.9 Å². The fourth-order valence-corrected chi connectivity index (χ4v) is 1.89. The summed E-state index contributed by atoms with van der Waals surface area (Å²) in [5, 5.41) is 0. The molecule has 2 atom stereocenters. The summed E-state index contributed by atoms with van der Waals surface area (Å²) < 4.78 is 11.9. The van der Waals surface area contributed by atoms with E-state index in [9.17, 15) is 0 Å². The molecule has 0 saturated heterocycles. The summed E-state index contributed by atoms with van der Waals surface area (Å²) >= 11 is 3.44. The molecule has 0 aliphatic heterocycles. The largest absolute Gasteiger partial charge is 0.490 e. The van der Waals surface area contributed by atoms with E-state index in [1.54, 1.807) is 7.11 Å². The van der Waals surface area contributed by atoms with Crippen molar-refractivity contribution in [1.82, 2.24) is 0 Å². The van der Waals surface area contributed by atoms with Crippen LogP contribution in [0, 0.1) is 0 Å². The van der Waals surface area contributed by atoms with Gasteiger partial charge in [-0.3, -0.25) is 0 Å². The molecule has 0 aromatic heterocycles. The Balaban J connectivity index is 2.77. The van der Waals surface area contributed by atoms with Crippen LogP contribution in [0.3, 0.4) is 0 Å². The van der Waals surface area contributed by atoms with Gasteiger partial charge in [-0.25, -0.2) is 0 Å². The number of hydrogen-bond donors (Lipinski definition) is 1. The van der Waals surface area contributed by atoms with Gasteiger partial charge in [-0.15, -0.1) is 0 Å². The maximum absolute atomic E-state index is 5.92. The van der Waals surface area contributed by atoms with Crippen molar-refractivity contribution < 1.29 is 9.47 Å². The fraction of sp³-hybridized carbons (Fsp3) is 0.538. The van der Waals surface area contributed by atoms with Crippen LogP contribution in [0.25, 0.3) is 0 Å². The Morgan fingerprint density at radius 1 is 1.35 bits per heavy atom. The summed E-state index contributed by atoms with van der Waals surface area (Å²) in [5.41, 5.74) is 6.95. The van der Waals surface area contributed by atoms with Crippen LogP contribution in [0.1, 0.15) is 31.9 Å². The quantitative estimate of drug-likeness (QED) is 0.877. The minimum atomic E-state index is -0.0345. The molecule has 1 aromatic rings. The Morgan fingerprint density at radius 2 is 2.06 bits per heavy atom.